The van der Waals surface area contributed by atoms with Gasteiger partial charge < -0.3 is 9.84 Å². The lowest BCUT2D eigenvalue weighted by atomic mass is 10.1. The molecule has 1 saturated carbocycles. The molecule has 1 amide bonds. The van der Waals surface area contributed by atoms with Gasteiger partial charge in [0.25, 0.3) is 0 Å². The normalized spacial score (nSPS) is 15.4. The summed E-state index contributed by atoms with van der Waals surface area (Å²) in [5, 5.41) is 7.07. The minimum atomic E-state index is -0.268. The van der Waals surface area contributed by atoms with Crippen molar-refractivity contribution in [1.29, 1.82) is 0 Å². The van der Waals surface area contributed by atoms with E-state index in [4.69, 9.17) is 4.52 Å². The third-order valence-electron chi connectivity index (χ3n) is 4.60. The van der Waals surface area contributed by atoms with Crippen LogP contribution in [-0.4, -0.2) is 41.6 Å². The second-order valence-electron chi connectivity index (χ2n) is 6.73. The topological polar surface area (TPSA) is 58.4 Å². The van der Waals surface area contributed by atoms with Crippen LogP contribution in [0.3, 0.4) is 0 Å². The number of benzene rings is 1. The van der Waals surface area contributed by atoms with Crippen LogP contribution in [0.4, 0.5) is 4.39 Å². The van der Waals surface area contributed by atoms with Gasteiger partial charge in [0.05, 0.1) is 6.04 Å². The molecule has 1 N–H and O–H groups in total. The summed E-state index contributed by atoms with van der Waals surface area (Å²) >= 11 is 0. The highest BCUT2D eigenvalue weighted by molar-refractivity contribution is 5.81. The van der Waals surface area contributed by atoms with E-state index in [1.165, 1.54) is 12.1 Å². The number of carbonyl (C=O) groups is 1. The Bertz CT molecular complexity index is 710. The summed E-state index contributed by atoms with van der Waals surface area (Å²) in [5.41, 5.74) is 1.54. The van der Waals surface area contributed by atoms with Gasteiger partial charge in [-0.1, -0.05) is 5.16 Å². The zero-order chi connectivity index (χ0) is 17.8. The summed E-state index contributed by atoms with van der Waals surface area (Å²) in [5.74, 6) is 0.626. The second kappa shape index (κ2) is 7.78. The molecule has 0 spiro atoms. The molecule has 1 aromatic carbocycles. The maximum atomic E-state index is 13.0. The van der Waals surface area contributed by atoms with Crippen molar-refractivity contribution in [2.75, 3.05) is 13.6 Å². The molecule has 2 aromatic rings. The first-order valence-corrected chi connectivity index (χ1v) is 8.75. The first kappa shape index (κ1) is 17.6. The molecule has 1 atom stereocenters. The highest BCUT2D eigenvalue weighted by Gasteiger charge is 2.26. The fourth-order valence-corrected chi connectivity index (χ4v) is 2.63. The lowest BCUT2D eigenvalue weighted by molar-refractivity contribution is -0.125. The van der Waals surface area contributed by atoms with Gasteiger partial charge >= 0.3 is 0 Å². The SMILES string of the molecule is C[C@@H](C(=O)NC1CC1)N(C)CCCc1cc(-c2ccc(F)cc2)no1. The largest absolute Gasteiger partial charge is 0.361 e. The van der Waals surface area contributed by atoms with E-state index in [1.807, 2.05) is 20.0 Å². The molecule has 0 radical (unpaired) electrons. The van der Waals surface area contributed by atoms with Crippen LogP contribution in [0.1, 0.15) is 31.9 Å². The van der Waals surface area contributed by atoms with Crippen LogP contribution in [0.2, 0.25) is 0 Å². The monoisotopic (exact) mass is 345 g/mol. The van der Waals surface area contributed by atoms with Gasteiger partial charge in [-0.3, -0.25) is 9.69 Å². The number of aromatic nitrogens is 1. The van der Waals surface area contributed by atoms with Crippen LogP contribution >= 0.6 is 0 Å². The Morgan fingerprint density at radius 1 is 1.40 bits per heavy atom. The summed E-state index contributed by atoms with van der Waals surface area (Å²) in [7, 11) is 1.96. The van der Waals surface area contributed by atoms with Crippen molar-refractivity contribution in [3.05, 3.63) is 41.9 Å². The highest BCUT2D eigenvalue weighted by atomic mass is 19.1. The van der Waals surface area contributed by atoms with Crippen LogP contribution in [0.15, 0.2) is 34.9 Å². The van der Waals surface area contributed by atoms with E-state index in [9.17, 15) is 9.18 Å². The van der Waals surface area contributed by atoms with Crippen LogP contribution in [0.25, 0.3) is 11.3 Å². The Labute approximate surface area is 147 Å². The summed E-state index contributed by atoms with van der Waals surface area (Å²) in [6.07, 6.45) is 3.82. The predicted octanol–water partition coefficient (Wildman–Crippen LogP) is 3.01. The van der Waals surface area contributed by atoms with Crippen molar-refractivity contribution in [2.45, 2.75) is 44.7 Å². The van der Waals surface area contributed by atoms with Crippen molar-refractivity contribution in [2.24, 2.45) is 0 Å². The smallest absolute Gasteiger partial charge is 0.237 e. The minimum Gasteiger partial charge on any atom is -0.361 e. The fraction of sp³-hybridized carbons (Fsp3) is 0.474. The first-order valence-electron chi connectivity index (χ1n) is 8.75. The van der Waals surface area contributed by atoms with Crippen LogP contribution < -0.4 is 5.32 Å². The van der Waals surface area contributed by atoms with Gasteiger partial charge in [0.15, 0.2) is 0 Å². The van der Waals surface area contributed by atoms with E-state index in [-0.39, 0.29) is 17.8 Å². The number of hydrogen-bond acceptors (Lipinski definition) is 4. The van der Waals surface area contributed by atoms with Gasteiger partial charge in [0.1, 0.15) is 17.3 Å². The zero-order valence-electron chi connectivity index (χ0n) is 14.7. The van der Waals surface area contributed by atoms with Crippen molar-refractivity contribution in [3.63, 3.8) is 0 Å². The van der Waals surface area contributed by atoms with Crippen molar-refractivity contribution in [1.82, 2.24) is 15.4 Å². The molecule has 5 nitrogen and oxygen atoms in total. The average molecular weight is 345 g/mol. The van der Waals surface area contributed by atoms with Gasteiger partial charge in [-0.05, 0) is 64.0 Å². The van der Waals surface area contributed by atoms with Crippen molar-refractivity contribution < 1.29 is 13.7 Å². The van der Waals surface area contributed by atoms with E-state index in [0.29, 0.717) is 11.7 Å². The predicted molar refractivity (Wildman–Crippen MR) is 93.5 cm³/mol. The Morgan fingerprint density at radius 2 is 2.12 bits per heavy atom. The Balaban J connectivity index is 1.45. The Morgan fingerprint density at radius 3 is 2.80 bits per heavy atom. The highest BCUT2D eigenvalue weighted by Crippen LogP contribution is 2.21. The fourth-order valence-electron chi connectivity index (χ4n) is 2.63. The number of halogens is 1. The number of rotatable bonds is 8. The molecule has 0 saturated heterocycles. The Kier molecular flexibility index (Phi) is 5.48. The maximum Gasteiger partial charge on any atom is 0.237 e. The van der Waals surface area contributed by atoms with Crippen LogP contribution in [0, 0.1) is 5.82 Å². The molecule has 3 rings (SSSR count). The van der Waals surface area contributed by atoms with Gasteiger partial charge in [0.2, 0.25) is 5.91 Å². The second-order valence-corrected chi connectivity index (χ2v) is 6.73. The Hall–Kier alpha value is -2.21. The van der Waals surface area contributed by atoms with E-state index in [1.54, 1.807) is 12.1 Å². The number of nitrogens with zero attached hydrogens (tertiary/aromatic N) is 2. The molecule has 1 fully saturated rings. The molecule has 0 aliphatic heterocycles. The first-order chi connectivity index (χ1) is 12.0. The molecule has 0 unspecified atom stereocenters. The quantitative estimate of drug-likeness (QED) is 0.799. The van der Waals surface area contributed by atoms with Gasteiger partial charge in [0, 0.05) is 24.1 Å². The maximum absolute atomic E-state index is 13.0. The molecular formula is C19H24FN3O2. The summed E-state index contributed by atoms with van der Waals surface area (Å²) in [6, 6.07) is 8.33. The third-order valence-corrected chi connectivity index (χ3v) is 4.60. The van der Waals surface area contributed by atoms with E-state index in [0.717, 1.165) is 43.6 Å². The molecule has 1 aromatic heterocycles. The molecule has 1 heterocycles. The number of aryl methyl sites for hydroxylation is 1. The van der Waals surface area contributed by atoms with E-state index in [2.05, 4.69) is 15.4 Å². The minimum absolute atomic E-state index is 0.100. The van der Waals surface area contributed by atoms with Crippen LogP contribution in [-0.2, 0) is 11.2 Å². The molecule has 6 heteroatoms. The molecule has 25 heavy (non-hydrogen) atoms. The molecule has 134 valence electrons. The molecule has 1 aliphatic rings. The average Bonchev–Trinajstić information content (AvgIpc) is 3.29. The summed E-state index contributed by atoms with van der Waals surface area (Å²) < 4.78 is 18.3. The number of nitrogens with one attached hydrogen (secondary N) is 1. The summed E-state index contributed by atoms with van der Waals surface area (Å²) in [6.45, 7) is 2.73. The molecule has 0 bridgehead atoms. The third kappa shape index (κ3) is 4.89. The van der Waals surface area contributed by atoms with E-state index < -0.39 is 0 Å². The molecular weight excluding hydrogens is 321 g/mol. The van der Waals surface area contributed by atoms with Gasteiger partial charge in [-0.15, -0.1) is 0 Å². The number of amides is 1. The van der Waals surface area contributed by atoms with Gasteiger partial charge in [-0.25, -0.2) is 4.39 Å². The number of carbonyl (C=O) groups excluding carboxylic acids is 1. The molecule has 1 aliphatic carbocycles. The van der Waals surface area contributed by atoms with E-state index >= 15 is 0 Å². The lowest BCUT2D eigenvalue weighted by Gasteiger charge is -2.23. The number of hydrogen-bond donors (Lipinski definition) is 1. The summed E-state index contributed by atoms with van der Waals surface area (Å²) in [4.78, 5) is 14.1. The van der Waals surface area contributed by atoms with Gasteiger partial charge in [-0.2, -0.15) is 0 Å². The van der Waals surface area contributed by atoms with Crippen LogP contribution in [0.5, 0.6) is 0 Å². The zero-order valence-corrected chi connectivity index (χ0v) is 14.7. The van der Waals surface area contributed by atoms with Crippen molar-refractivity contribution >= 4 is 5.91 Å². The van der Waals surface area contributed by atoms with Crippen molar-refractivity contribution in [3.8, 4) is 11.3 Å². The number of likely N-dealkylation sites (N-methyl/N-ethyl adjacent to an activating group) is 1. The lowest BCUT2D eigenvalue weighted by Crippen LogP contribution is -2.44. The standard InChI is InChI=1S/C19H24FN3O2/c1-13(19(24)21-16-9-10-16)23(2)11-3-4-17-12-18(22-25-17)14-5-7-15(20)8-6-14/h5-8,12-13,16H,3-4,9-11H2,1-2H3,(H,21,24)/t13-/m0/s1.